The van der Waals surface area contributed by atoms with Crippen molar-refractivity contribution in [3.63, 3.8) is 0 Å². The molecule has 0 radical (unpaired) electrons. The third-order valence-corrected chi connectivity index (χ3v) is 4.35. The molecule has 3 atom stereocenters. The van der Waals surface area contributed by atoms with Crippen molar-refractivity contribution in [3.8, 4) is 0 Å². The summed E-state index contributed by atoms with van der Waals surface area (Å²) in [6, 6.07) is 7.21. The van der Waals surface area contributed by atoms with Crippen molar-refractivity contribution in [2.75, 3.05) is 20.7 Å². The predicted octanol–water partition coefficient (Wildman–Crippen LogP) is 2.91. The van der Waals surface area contributed by atoms with E-state index in [9.17, 15) is 4.39 Å². The van der Waals surface area contributed by atoms with Crippen LogP contribution in [0.2, 0.25) is 0 Å². The highest BCUT2D eigenvalue weighted by Crippen LogP contribution is 2.41. The number of ether oxygens (including phenoxy) is 1. The van der Waals surface area contributed by atoms with Gasteiger partial charge in [-0.25, -0.2) is 4.39 Å². The summed E-state index contributed by atoms with van der Waals surface area (Å²) in [5, 5.41) is 6.67. The van der Waals surface area contributed by atoms with Crippen LogP contribution in [0.15, 0.2) is 29.3 Å². The van der Waals surface area contributed by atoms with Gasteiger partial charge in [-0.1, -0.05) is 39.0 Å². The summed E-state index contributed by atoms with van der Waals surface area (Å²) in [5.41, 5.74) is 0.834. The largest absolute Gasteiger partial charge is 0.379 e. The van der Waals surface area contributed by atoms with Crippen LogP contribution < -0.4 is 10.6 Å². The van der Waals surface area contributed by atoms with Crippen LogP contribution in [0.1, 0.15) is 38.7 Å². The third-order valence-electron chi connectivity index (χ3n) is 4.35. The van der Waals surface area contributed by atoms with Crippen LogP contribution in [-0.4, -0.2) is 38.8 Å². The first-order chi connectivity index (χ1) is 10.9. The van der Waals surface area contributed by atoms with Gasteiger partial charge in [0.15, 0.2) is 5.96 Å². The zero-order chi connectivity index (χ0) is 17.0. The molecule has 1 fully saturated rings. The molecule has 4 nitrogen and oxygen atoms in total. The molecule has 0 spiro atoms. The minimum Gasteiger partial charge on any atom is -0.379 e. The second-order valence-corrected chi connectivity index (χ2v) is 7.16. The number of halogens is 1. The number of methoxy groups -OCH3 is 1. The molecular formula is C18H28FN3O. The van der Waals surface area contributed by atoms with E-state index in [-0.39, 0.29) is 29.3 Å². The van der Waals surface area contributed by atoms with Gasteiger partial charge in [0.1, 0.15) is 5.82 Å². The summed E-state index contributed by atoms with van der Waals surface area (Å²) in [6.45, 7) is 7.12. The number of nitrogens with zero attached hydrogens (tertiary/aromatic N) is 1. The monoisotopic (exact) mass is 321 g/mol. The van der Waals surface area contributed by atoms with Crippen LogP contribution >= 0.6 is 0 Å². The van der Waals surface area contributed by atoms with Crippen molar-refractivity contribution < 1.29 is 9.13 Å². The molecular weight excluding hydrogens is 293 g/mol. The van der Waals surface area contributed by atoms with Gasteiger partial charge in [0, 0.05) is 32.7 Å². The molecule has 0 saturated heterocycles. The first-order valence-corrected chi connectivity index (χ1v) is 8.11. The molecule has 1 aromatic rings. The number of hydrogen-bond acceptors (Lipinski definition) is 2. The van der Waals surface area contributed by atoms with Crippen LogP contribution in [0.4, 0.5) is 4.39 Å². The summed E-state index contributed by atoms with van der Waals surface area (Å²) in [5.74, 6) is 0.827. The predicted molar refractivity (Wildman–Crippen MR) is 92.3 cm³/mol. The molecule has 0 aromatic heterocycles. The Bertz CT molecular complexity index is 553. The number of nitrogens with one attached hydrogen (secondary N) is 2. The number of hydrogen-bond donors (Lipinski definition) is 2. The molecule has 0 bridgehead atoms. The van der Waals surface area contributed by atoms with E-state index in [1.54, 1.807) is 20.2 Å². The molecule has 5 heteroatoms. The van der Waals surface area contributed by atoms with E-state index in [1.807, 2.05) is 12.1 Å². The lowest BCUT2D eigenvalue weighted by Gasteiger charge is -2.30. The zero-order valence-corrected chi connectivity index (χ0v) is 14.7. The summed E-state index contributed by atoms with van der Waals surface area (Å²) >= 11 is 0. The Morgan fingerprint density at radius 1 is 1.39 bits per heavy atom. The van der Waals surface area contributed by atoms with E-state index >= 15 is 0 Å². The molecule has 128 valence electrons. The van der Waals surface area contributed by atoms with Gasteiger partial charge >= 0.3 is 0 Å². The topological polar surface area (TPSA) is 45.7 Å². The fourth-order valence-electron chi connectivity index (χ4n) is 2.78. The van der Waals surface area contributed by atoms with Crippen molar-refractivity contribution >= 4 is 5.96 Å². The van der Waals surface area contributed by atoms with Gasteiger partial charge in [0.25, 0.3) is 0 Å². The van der Waals surface area contributed by atoms with E-state index in [2.05, 4.69) is 36.4 Å². The highest BCUT2D eigenvalue weighted by Gasteiger charge is 2.40. The summed E-state index contributed by atoms with van der Waals surface area (Å²) in [6.07, 6.45) is 1.01. The SMILES string of the molecule is CN=C(NCC(OC)C(C)(C)C)NC1CC1c1ccccc1F. The van der Waals surface area contributed by atoms with Crippen molar-refractivity contribution in [2.24, 2.45) is 10.4 Å². The molecule has 0 amide bonds. The maximum absolute atomic E-state index is 13.8. The van der Waals surface area contributed by atoms with Crippen LogP contribution in [-0.2, 0) is 4.74 Å². The second kappa shape index (κ2) is 7.30. The quantitative estimate of drug-likeness (QED) is 0.647. The summed E-state index contributed by atoms with van der Waals surface area (Å²) in [4.78, 5) is 4.25. The van der Waals surface area contributed by atoms with Gasteiger partial charge in [-0.05, 0) is 23.5 Å². The maximum atomic E-state index is 13.8. The average molecular weight is 321 g/mol. The first-order valence-electron chi connectivity index (χ1n) is 8.11. The maximum Gasteiger partial charge on any atom is 0.191 e. The lowest BCUT2D eigenvalue weighted by atomic mass is 9.89. The van der Waals surface area contributed by atoms with Crippen LogP contribution in [0.25, 0.3) is 0 Å². The molecule has 1 saturated carbocycles. The molecule has 2 rings (SSSR count). The second-order valence-electron chi connectivity index (χ2n) is 7.16. The molecule has 2 N–H and O–H groups in total. The fraction of sp³-hybridized carbons (Fsp3) is 0.611. The Morgan fingerprint density at radius 3 is 2.65 bits per heavy atom. The number of aliphatic imine (C=N–C) groups is 1. The van der Waals surface area contributed by atoms with Gasteiger partial charge < -0.3 is 15.4 Å². The molecule has 1 aliphatic carbocycles. The molecule has 1 aliphatic rings. The molecule has 1 aromatic carbocycles. The summed E-state index contributed by atoms with van der Waals surface area (Å²) < 4.78 is 19.4. The Hall–Kier alpha value is -1.62. The van der Waals surface area contributed by atoms with Gasteiger partial charge in [0.2, 0.25) is 0 Å². The van der Waals surface area contributed by atoms with Crippen molar-refractivity contribution in [1.29, 1.82) is 0 Å². The Labute approximate surface area is 138 Å². The van der Waals surface area contributed by atoms with Gasteiger partial charge in [-0.15, -0.1) is 0 Å². The molecule has 23 heavy (non-hydrogen) atoms. The fourth-order valence-corrected chi connectivity index (χ4v) is 2.78. The molecule has 0 heterocycles. The van der Waals surface area contributed by atoms with E-state index in [1.165, 1.54) is 6.07 Å². The molecule has 3 unspecified atom stereocenters. The number of rotatable bonds is 5. The Kier molecular flexibility index (Phi) is 5.63. The van der Waals surface area contributed by atoms with E-state index < -0.39 is 0 Å². The van der Waals surface area contributed by atoms with Gasteiger partial charge in [-0.3, -0.25) is 4.99 Å². The lowest BCUT2D eigenvalue weighted by molar-refractivity contribution is 0.0205. The highest BCUT2D eigenvalue weighted by molar-refractivity contribution is 5.80. The highest BCUT2D eigenvalue weighted by atomic mass is 19.1. The zero-order valence-electron chi connectivity index (χ0n) is 14.7. The Morgan fingerprint density at radius 2 is 2.09 bits per heavy atom. The van der Waals surface area contributed by atoms with Crippen molar-refractivity contribution in [2.45, 2.75) is 45.3 Å². The number of guanidine groups is 1. The summed E-state index contributed by atoms with van der Waals surface area (Å²) in [7, 11) is 3.47. The first kappa shape index (κ1) is 17.7. The van der Waals surface area contributed by atoms with E-state index in [0.29, 0.717) is 6.54 Å². The Balaban J connectivity index is 1.87. The lowest BCUT2D eigenvalue weighted by Crippen LogP contribution is -2.46. The van der Waals surface area contributed by atoms with Crippen LogP contribution in [0.5, 0.6) is 0 Å². The van der Waals surface area contributed by atoms with E-state index in [4.69, 9.17) is 4.74 Å². The smallest absolute Gasteiger partial charge is 0.191 e. The van der Waals surface area contributed by atoms with Gasteiger partial charge in [-0.2, -0.15) is 0 Å². The number of benzene rings is 1. The van der Waals surface area contributed by atoms with Gasteiger partial charge in [0.05, 0.1) is 6.10 Å². The molecule has 0 aliphatic heterocycles. The normalized spacial score (nSPS) is 22.6. The van der Waals surface area contributed by atoms with Crippen LogP contribution in [0.3, 0.4) is 0 Å². The minimum atomic E-state index is -0.128. The standard InChI is InChI=1S/C18H28FN3O/c1-18(2,3)16(23-5)11-21-17(20-4)22-15-10-13(15)12-8-6-7-9-14(12)19/h6-9,13,15-16H,10-11H2,1-5H3,(H2,20,21,22). The third kappa shape index (κ3) is 4.67. The van der Waals surface area contributed by atoms with Crippen molar-refractivity contribution in [3.05, 3.63) is 35.6 Å². The van der Waals surface area contributed by atoms with Crippen molar-refractivity contribution in [1.82, 2.24) is 10.6 Å². The average Bonchev–Trinajstić information content (AvgIpc) is 3.24. The van der Waals surface area contributed by atoms with Crippen LogP contribution in [0, 0.1) is 11.2 Å². The minimum absolute atomic E-state index is 0.0515. The van der Waals surface area contributed by atoms with E-state index in [0.717, 1.165) is 17.9 Å².